The summed E-state index contributed by atoms with van der Waals surface area (Å²) in [4.78, 5) is 0. The van der Waals surface area contributed by atoms with Gasteiger partial charge < -0.3 is 9.47 Å². The summed E-state index contributed by atoms with van der Waals surface area (Å²) in [6, 6.07) is 0. The van der Waals surface area contributed by atoms with Gasteiger partial charge in [0.2, 0.25) is 5.79 Å². The molecule has 0 bridgehead atoms. The van der Waals surface area contributed by atoms with Crippen LogP contribution in [-0.4, -0.2) is 27.1 Å². The number of hydrogen-bond acceptors (Lipinski definition) is 2. The van der Waals surface area contributed by atoms with E-state index in [0.717, 1.165) is 11.5 Å². The van der Waals surface area contributed by atoms with Gasteiger partial charge in [0.25, 0.3) is 0 Å². The third-order valence-corrected chi connectivity index (χ3v) is 6.56. The van der Waals surface area contributed by atoms with Crippen LogP contribution < -0.4 is 0 Å². The summed E-state index contributed by atoms with van der Waals surface area (Å²) in [6.45, 7) is 10.6. The highest BCUT2D eigenvalue weighted by molar-refractivity contribution is 6.84. The third-order valence-electron chi connectivity index (χ3n) is 3.72. The highest BCUT2D eigenvalue weighted by Crippen LogP contribution is 2.56. The fourth-order valence-corrected chi connectivity index (χ4v) is 6.39. The zero-order valence-electron chi connectivity index (χ0n) is 11.3. The van der Waals surface area contributed by atoms with Gasteiger partial charge in [-0.05, 0) is 6.42 Å². The van der Waals surface area contributed by atoms with Crippen LogP contribution >= 0.6 is 11.6 Å². The fourth-order valence-electron chi connectivity index (χ4n) is 2.96. The first-order valence-electron chi connectivity index (χ1n) is 6.62. The van der Waals surface area contributed by atoms with E-state index in [1.54, 1.807) is 0 Å². The van der Waals surface area contributed by atoms with Crippen molar-refractivity contribution in [1.82, 2.24) is 0 Å². The molecule has 1 spiro atoms. The third kappa shape index (κ3) is 2.12. The number of ether oxygens (including phenoxy) is 2. The average molecular weight is 275 g/mol. The first kappa shape index (κ1) is 13.6. The Bertz CT molecular complexity index is 327. The van der Waals surface area contributed by atoms with E-state index in [2.05, 4.69) is 26.6 Å². The van der Waals surface area contributed by atoms with E-state index < -0.39 is 13.9 Å². The molecule has 1 heterocycles. The summed E-state index contributed by atoms with van der Waals surface area (Å²) in [5, 5.41) is 2.34. The highest BCUT2D eigenvalue weighted by Gasteiger charge is 2.59. The summed E-state index contributed by atoms with van der Waals surface area (Å²) < 4.78 is 11.7. The van der Waals surface area contributed by atoms with Crippen molar-refractivity contribution in [3.05, 3.63) is 10.2 Å². The Balaban J connectivity index is 2.26. The lowest BCUT2D eigenvalue weighted by Crippen LogP contribution is -2.55. The monoisotopic (exact) mass is 274 g/mol. The average Bonchev–Trinajstić information content (AvgIpc) is 2.72. The van der Waals surface area contributed by atoms with Crippen molar-refractivity contribution in [3.8, 4) is 0 Å². The second-order valence-electron chi connectivity index (χ2n) is 6.04. The van der Waals surface area contributed by atoms with E-state index in [4.69, 9.17) is 21.1 Å². The predicted molar refractivity (Wildman–Crippen MR) is 73.9 cm³/mol. The molecule has 0 amide bonds. The van der Waals surface area contributed by atoms with Crippen LogP contribution in [0.1, 0.15) is 26.2 Å². The minimum atomic E-state index is -1.36. The molecule has 2 nitrogen and oxygen atoms in total. The normalized spacial score (nSPS) is 27.7. The first-order valence-corrected chi connectivity index (χ1v) is 10.5. The minimum Gasteiger partial charge on any atom is -0.342 e. The molecule has 1 fully saturated rings. The van der Waals surface area contributed by atoms with Crippen molar-refractivity contribution >= 4 is 19.7 Å². The van der Waals surface area contributed by atoms with Crippen LogP contribution in [0.15, 0.2) is 10.2 Å². The first-order chi connectivity index (χ1) is 7.93. The largest absolute Gasteiger partial charge is 0.342 e. The van der Waals surface area contributed by atoms with Crippen molar-refractivity contribution in [1.29, 1.82) is 0 Å². The van der Waals surface area contributed by atoms with E-state index in [1.165, 1.54) is 18.0 Å². The van der Waals surface area contributed by atoms with Crippen molar-refractivity contribution in [3.63, 3.8) is 0 Å². The Morgan fingerprint density at radius 2 is 1.88 bits per heavy atom. The van der Waals surface area contributed by atoms with Crippen LogP contribution in [0.3, 0.4) is 0 Å². The van der Waals surface area contributed by atoms with Crippen molar-refractivity contribution in [2.24, 2.45) is 5.92 Å². The highest BCUT2D eigenvalue weighted by atomic mass is 35.5. The van der Waals surface area contributed by atoms with Crippen molar-refractivity contribution in [2.75, 3.05) is 13.2 Å². The summed E-state index contributed by atoms with van der Waals surface area (Å²) in [5.74, 6) is -0.143. The number of hydrogen-bond donors (Lipinski definition) is 0. The molecule has 0 N–H and O–H groups in total. The topological polar surface area (TPSA) is 18.5 Å². The zero-order chi connectivity index (χ0) is 12.7. The molecule has 1 unspecified atom stereocenters. The molecule has 17 heavy (non-hydrogen) atoms. The molecule has 0 aromatic rings. The Hall–Kier alpha value is 0.167. The molecule has 2 rings (SSSR count). The zero-order valence-corrected chi connectivity index (χ0v) is 13.1. The Morgan fingerprint density at radius 3 is 2.35 bits per heavy atom. The lowest BCUT2D eigenvalue weighted by Gasteiger charge is -2.50. The number of halogens is 1. The lowest BCUT2D eigenvalue weighted by molar-refractivity contribution is -0.169. The van der Waals surface area contributed by atoms with Gasteiger partial charge >= 0.3 is 0 Å². The van der Waals surface area contributed by atoms with E-state index in [9.17, 15) is 0 Å². The van der Waals surface area contributed by atoms with Crippen molar-refractivity contribution < 1.29 is 9.47 Å². The molecule has 98 valence electrons. The Kier molecular flexibility index (Phi) is 3.75. The van der Waals surface area contributed by atoms with Gasteiger partial charge in [-0.15, -0.1) is 0 Å². The maximum absolute atomic E-state index is 6.50. The molecule has 1 aliphatic heterocycles. The van der Waals surface area contributed by atoms with E-state index in [1.807, 2.05) is 0 Å². The van der Waals surface area contributed by atoms with Gasteiger partial charge in [-0.3, -0.25) is 0 Å². The summed E-state index contributed by atoms with van der Waals surface area (Å²) >= 11 is 6.50. The smallest absolute Gasteiger partial charge is 0.211 e. The maximum atomic E-state index is 6.50. The molecular formula is C13H23ClO2Si. The molecule has 0 saturated carbocycles. The quantitative estimate of drug-likeness (QED) is 0.724. The van der Waals surface area contributed by atoms with Crippen LogP contribution in [0.25, 0.3) is 0 Å². The number of unbranched alkanes of at least 4 members (excludes halogenated alkanes) is 1. The molecule has 0 aromatic carbocycles. The van der Waals surface area contributed by atoms with Gasteiger partial charge in [-0.25, -0.2) is 0 Å². The van der Waals surface area contributed by atoms with E-state index >= 15 is 0 Å². The van der Waals surface area contributed by atoms with Crippen LogP contribution in [0.2, 0.25) is 19.6 Å². The predicted octanol–water partition coefficient (Wildman–Crippen LogP) is 3.92. The Morgan fingerprint density at radius 1 is 1.29 bits per heavy atom. The molecule has 4 heteroatoms. The standard InChI is InChI=1S/C13H23ClO2Si/c1-5-6-7-10-11(17(2,3)4)12(14)13(10)15-8-9-16-13/h10H,5-9H2,1-4H3. The van der Waals surface area contributed by atoms with E-state index in [-0.39, 0.29) is 0 Å². The molecule has 1 aliphatic carbocycles. The molecule has 1 atom stereocenters. The molecular weight excluding hydrogens is 252 g/mol. The SMILES string of the molecule is CCCCC1C([Si](C)(C)C)=C(Cl)C12OCCO2. The molecule has 1 saturated heterocycles. The van der Waals surface area contributed by atoms with Gasteiger partial charge in [0.05, 0.1) is 26.3 Å². The number of rotatable bonds is 4. The minimum absolute atomic E-state index is 0.407. The van der Waals surface area contributed by atoms with E-state index in [0.29, 0.717) is 19.1 Å². The van der Waals surface area contributed by atoms with Crippen LogP contribution in [0.4, 0.5) is 0 Å². The van der Waals surface area contributed by atoms with Gasteiger partial charge in [0, 0.05) is 5.92 Å². The van der Waals surface area contributed by atoms with Crippen molar-refractivity contribution in [2.45, 2.75) is 51.6 Å². The van der Waals surface area contributed by atoms with Crippen LogP contribution in [0.5, 0.6) is 0 Å². The Labute approximate surface area is 110 Å². The second kappa shape index (κ2) is 4.69. The molecule has 2 aliphatic rings. The molecule has 0 radical (unpaired) electrons. The molecule has 0 aromatic heterocycles. The van der Waals surface area contributed by atoms with Gasteiger partial charge in [-0.2, -0.15) is 0 Å². The summed E-state index contributed by atoms with van der Waals surface area (Å²) in [5.41, 5.74) is 0. The van der Waals surface area contributed by atoms with Gasteiger partial charge in [0.1, 0.15) is 0 Å². The lowest BCUT2D eigenvalue weighted by atomic mass is 9.82. The van der Waals surface area contributed by atoms with Crippen LogP contribution in [0, 0.1) is 5.92 Å². The summed E-state index contributed by atoms with van der Waals surface area (Å²) in [7, 11) is -1.36. The van der Waals surface area contributed by atoms with Gasteiger partial charge in [-0.1, -0.05) is 56.2 Å². The van der Waals surface area contributed by atoms with Gasteiger partial charge in [0.15, 0.2) is 0 Å². The summed E-state index contributed by atoms with van der Waals surface area (Å²) in [6.07, 6.45) is 3.58. The van der Waals surface area contributed by atoms with Crippen LogP contribution in [-0.2, 0) is 9.47 Å². The second-order valence-corrected chi connectivity index (χ2v) is 11.5. The fraction of sp³-hybridized carbons (Fsp3) is 0.846. The maximum Gasteiger partial charge on any atom is 0.211 e.